The van der Waals surface area contributed by atoms with Crippen LogP contribution in [0.4, 0.5) is 5.69 Å². The topological polar surface area (TPSA) is 86.3 Å². The molecule has 166 valence electrons. The third kappa shape index (κ3) is 2.99. The number of ether oxygens (including phenoxy) is 4. The van der Waals surface area contributed by atoms with Crippen molar-refractivity contribution in [2.45, 2.75) is 43.4 Å². The molecule has 1 N–H and O–H groups in total. The Kier molecular flexibility index (Phi) is 4.84. The summed E-state index contributed by atoms with van der Waals surface area (Å²) in [6.45, 7) is 0.544. The number of likely N-dealkylation sites (tertiary alicyclic amines) is 1. The molecule has 2 saturated heterocycles. The Hall–Kier alpha value is -2.74. The quantitative estimate of drug-likeness (QED) is 0.700. The lowest BCUT2D eigenvalue weighted by atomic mass is 9.76. The van der Waals surface area contributed by atoms with Gasteiger partial charge in [0.15, 0.2) is 11.5 Å². The molecule has 8 nitrogen and oxygen atoms in total. The second kappa shape index (κ2) is 7.44. The minimum Gasteiger partial charge on any atom is -0.493 e. The zero-order valence-electron chi connectivity index (χ0n) is 18.1. The Morgan fingerprint density at radius 1 is 1.13 bits per heavy atom. The van der Waals surface area contributed by atoms with Crippen molar-refractivity contribution in [3.8, 4) is 17.2 Å². The van der Waals surface area contributed by atoms with Crippen LogP contribution < -0.4 is 19.5 Å². The average molecular weight is 428 g/mol. The van der Waals surface area contributed by atoms with Crippen LogP contribution in [0.1, 0.15) is 25.7 Å². The monoisotopic (exact) mass is 428 g/mol. The number of hydrogen-bond donors (Lipinski definition) is 1. The molecule has 0 aromatic heterocycles. The van der Waals surface area contributed by atoms with Gasteiger partial charge in [-0.1, -0.05) is 25.0 Å². The third-order valence-corrected chi connectivity index (χ3v) is 7.13. The van der Waals surface area contributed by atoms with E-state index in [1.165, 1.54) is 21.3 Å². The Labute approximate surface area is 181 Å². The first-order valence-electron chi connectivity index (χ1n) is 10.8. The third-order valence-electron chi connectivity index (χ3n) is 7.13. The number of fused-ring (bicyclic) bond motifs is 1. The average Bonchev–Trinajstić information content (AvgIpc) is 3.54. The van der Waals surface area contributed by atoms with Crippen LogP contribution in [0.2, 0.25) is 0 Å². The highest BCUT2D eigenvalue weighted by Gasteiger charge is 2.67. The first-order chi connectivity index (χ1) is 15.0. The van der Waals surface area contributed by atoms with Gasteiger partial charge < -0.3 is 29.2 Å². The van der Waals surface area contributed by atoms with E-state index in [1.54, 1.807) is 12.1 Å². The van der Waals surface area contributed by atoms with Gasteiger partial charge in [-0.2, -0.15) is 0 Å². The SMILES string of the molecule is COc1cc(NC(=O)[C@@H]2[C@H]3C=C[C@]4(CN(C5CCCC5)C(=O)[C@@H]24)O3)cc(OC)c1OC. The van der Waals surface area contributed by atoms with E-state index in [2.05, 4.69) is 5.32 Å². The van der Waals surface area contributed by atoms with Crippen LogP contribution in [0.15, 0.2) is 24.3 Å². The predicted octanol–water partition coefficient (Wildman–Crippen LogP) is 2.38. The summed E-state index contributed by atoms with van der Waals surface area (Å²) in [6, 6.07) is 3.63. The number of nitrogens with one attached hydrogen (secondary N) is 1. The van der Waals surface area contributed by atoms with Crippen LogP contribution in [0, 0.1) is 11.8 Å². The summed E-state index contributed by atoms with van der Waals surface area (Å²) in [7, 11) is 4.57. The molecule has 3 fully saturated rings. The number of methoxy groups -OCH3 is 3. The van der Waals surface area contributed by atoms with E-state index < -0.39 is 17.4 Å². The molecule has 0 unspecified atom stereocenters. The number of carbonyl (C=O) groups is 2. The molecular formula is C23H28N2O6. The highest BCUT2D eigenvalue weighted by Crippen LogP contribution is 2.53. The Morgan fingerprint density at radius 2 is 1.81 bits per heavy atom. The molecule has 8 heteroatoms. The van der Waals surface area contributed by atoms with Crippen molar-refractivity contribution >= 4 is 17.5 Å². The highest BCUT2D eigenvalue weighted by atomic mass is 16.5. The van der Waals surface area contributed by atoms with Gasteiger partial charge in [-0.3, -0.25) is 9.59 Å². The van der Waals surface area contributed by atoms with Crippen molar-refractivity contribution in [2.75, 3.05) is 33.2 Å². The summed E-state index contributed by atoms with van der Waals surface area (Å²) in [6.07, 6.45) is 7.91. The van der Waals surface area contributed by atoms with Crippen LogP contribution in [0.3, 0.4) is 0 Å². The molecule has 1 saturated carbocycles. The summed E-state index contributed by atoms with van der Waals surface area (Å²) < 4.78 is 22.3. The van der Waals surface area contributed by atoms with Gasteiger partial charge in [-0.25, -0.2) is 0 Å². The normalized spacial score (nSPS) is 31.3. The van der Waals surface area contributed by atoms with Crippen molar-refractivity contribution in [3.05, 3.63) is 24.3 Å². The van der Waals surface area contributed by atoms with E-state index in [1.807, 2.05) is 17.1 Å². The van der Waals surface area contributed by atoms with Crippen molar-refractivity contribution in [3.63, 3.8) is 0 Å². The van der Waals surface area contributed by atoms with Gasteiger partial charge in [0.05, 0.1) is 45.8 Å². The molecule has 4 aliphatic rings. The molecule has 31 heavy (non-hydrogen) atoms. The first kappa shape index (κ1) is 20.2. The first-order valence-corrected chi connectivity index (χ1v) is 10.8. The molecule has 1 aromatic rings. The molecule has 2 bridgehead atoms. The van der Waals surface area contributed by atoms with Crippen LogP contribution in [-0.2, 0) is 14.3 Å². The lowest BCUT2D eigenvalue weighted by Crippen LogP contribution is -2.42. The van der Waals surface area contributed by atoms with Crippen LogP contribution >= 0.6 is 0 Å². The lowest BCUT2D eigenvalue weighted by molar-refractivity contribution is -0.137. The molecule has 2 amide bonds. The summed E-state index contributed by atoms with van der Waals surface area (Å²) in [4.78, 5) is 28.7. The maximum atomic E-state index is 13.4. The van der Waals surface area contributed by atoms with Crippen LogP contribution in [0.25, 0.3) is 0 Å². The summed E-state index contributed by atoms with van der Waals surface area (Å²) in [5, 5.41) is 2.94. The van der Waals surface area contributed by atoms with Crippen molar-refractivity contribution in [1.82, 2.24) is 4.90 Å². The van der Waals surface area contributed by atoms with Crippen molar-refractivity contribution in [2.24, 2.45) is 11.8 Å². The predicted molar refractivity (Wildman–Crippen MR) is 112 cm³/mol. The van der Waals surface area contributed by atoms with Crippen molar-refractivity contribution in [1.29, 1.82) is 0 Å². The Morgan fingerprint density at radius 3 is 2.42 bits per heavy atom. The fraction of sp³-hybridized carbons (Fsp3) is 0.565. The second-order valence-corrected chi connectivity index (χ2v) is 8.71. The van der Waals surface area contributed by atoms with Gasteiger partial charge in [-0.05, 0) is 12.8 Å². The van der Waals surface area contributed by atoms with E-state index >= 15 is 0 Å². The molecule has 1 aliphatic carbocycles. The molecule has 0 radical (unpaired) electrons. The molecule has 1 spiro atoms. The van der Waals surface area contributed by atoms with Crippen LogP contribution in [-0.4, -0.2) is 62.3 Å². The molecular weight excluding hydrogens is 400 g/mol. The number of hydrogen-bond acceptors (Lipinski definition) is 6. The number of rotatable bonds is 6. The summed E-state index contributed by atoms with van der Waals surface area (Å²) in [5.74, 6) is 0.101. The largest absolute Gasteiger partial charge is 0.493 e. The van der Waals surface area contributed by atoms with Gasteiger partial charge in [0.1, 0.15) is 5.60 Å². The number of anilines is 1. The molecule has 3 heterocycles. The minimum absolute atomic E-state index is 0.0452. The Bertz CT molecular complexity index is 915. The lowest BCUT2D eigenvalue weighted by Gasteiger charge is -2.27. The minimum atomic E-state index is -0.679. The van der Waals surface area contributed by atoms with Gasteiger partial charge in [-0.15, -0.1) is 0 Å². The standard InChI is InChI=1S/C23H28N2O6/c1-28-16-10-13(11-17(29-2)20(16)30-3)24-21(26)18-15-8-9-23(31-15)12-25(22(27)19(18)23)14-6-4-5-7-14/h8-11,14-15,18-19H,4-7,12H2,1-3H3,(H,24,26)/t15-,18-,19-,23-/m1/s1. The fourth-order valence-electron chi connectivity index (χ4n) is 5.73. The zero-order valence-corrected chi connectivity index (χ0v) is 18.1. The van der Waals surface area contributed by atoms with Gasteiger partial charge in [0, 0.05) is 23.9 Å². The van der Waals surface area contributed by atoms with E-state index in [-0.39, 0.29) is 24.0 Å². The number of benzene rings is 1. The number of nitrogens with zero attached hydrogens (tertiary/aromatic N) is 1. The van der Waals surface area contributed by atoms with E-state index in [4.69, 9.17) is 18.9 Å². The van der Waals surface area contributed by atoms with E-state index in [9.17, 15) is 9.59 Å². The maximum absolute atomic E-state index is 13.4. The second-order valence-electron chi connectivity index (χ2n) is 8.71. The Balaban J connectivity index is 1.40. The fourth-order valence-corrected chi connectivity index (χ4v) is 5.73. The van der Waals surface area contributed by atoms with E-state index in [0.29, 0.717) is 29.5 Å². The van der Waals surface area contributed by atoms with Crippen molar-refractivity contribution < 1.29 is 28.5 Å². The smallest absolute Gasteiger partial charge is 0.231 e. The summed E-state index contributed by atoms with van der Waals surface area (Å²) >= 11 is 0. The molecule has 4 atom stereocenters. The van der Waals surface area contributed by atoms with E-state index in [0.717, 1.165) is 25.7 Å². The summed E-state index contributed by atoms with van der Waals surface area (Å²) in [5.41, 5.74) is -0.167. The zero-order chi connectivity index (χ0) is 21.8. The maximum Gasteiger partial charge on any atom is 0.231 e. The number of carbonyl (C=O) groups excluding carboxylic acids is 2. The highest BCUT2D eigenvalue weighted by molar-refractivity contribution is 5.99. The number of amides is 2. The van der Waals surface area contributed by atoms with Gasteiger partial charge in [0.25, 0.3) is 0 Å². The van der Waals surface area contributed by atoms with Gasteiger partial charge >= 0.3 is 0 Å². The van der Waals surface area contributed by atoms with Gasteiger partial charge in [0.2, 0.25) is 17.6 Å². The molecule has 3 aliphatic heterocycles. The molecule has 5 rings (SSSR count). The molecule has 1 aromatic carbocycles. The van der Waals surface area contributed by atoms with Crippen LogP contribution in [0.5, 0.6) is 17.2 Å².